The van der Waals surface area contributed by atoms with Gasteiger partial charge in [-0.1, -0.05) is 24.2 Å². The molecule has 0 radical (unpaired) electrons. The fourth-order valence-corrected chi connectivity index (χ4v) is 2.04. The molecule has 2 aromatic rings. The van der Waals surface area contributed by atoms with E-state index in [1.807, 2.05) is 26.8 Å². The molecule has 1 amide bonds. The maximum atomic E-state index is 12.5. The molecule has 20 heavy (non-hydrogen) atoms. The Labute approximate surface area is 117 Å². The van der Waals surface area contributed by atoms with Gasteiger partial charge in [-0.3, -0.25) is 4.79 Å². The monoisotopic (exact) mass is 277 g/mol. The molecular weight excluding hydrogens is 258 g/mol. The number of aromatic nitrogens is 2. The molecule has 0 saturated carbocycles. The highest BCUT2D eigenvalue weighted by Gasteiger charge is 2.25. The van der Waals surface area contributed by atoms with Gasteiger partial charge in [0, 0.05) is 19.0 Å². The number of nitrogens with zero attached hydrogens (tertiary/aromatic N) is 3. The van der Waals surface area contributed by atoms with Crippen molar-refractivity contribution in [2.75, 3.05) is 7.05 Å². The van der Waals surface area contributed by atoms with E-state index >= 15 is 0 Å². The van der Waals surface area contributed by atoms with Crippen LogP contribution in [0.4, 0.5) is 0 Å². The summed E-state index contributed by atoms with van der Waals surface area (Å²) in [5.41, 5.74) is 1.88. The molecule has 0 aliphatic heterocycles. The normalized spacial score (nSPS) is 11.1. The molecule has 0 N–H and O–H groups in total. The summed E-state index contributed by atoms with van der Waals surface area (Å²) < 4.78 is 10.3. The average molecular weight is 277 g/mol. The van der Waals surface area contributed by atoms with Crippen molar-refractivity contribution in [2.45, 2.75) is 40.2 Å². The van der Waals surface area contributed by atoms with E-state index in [1.54, 1.807) is 18.9 Å². The second-order valence-corrected chi connectivity index (χ2v) is 5.25. The molecule has 0 bridgehead atoms. The molecule has 0 aliphatic rings. The summed E-state index contributed by atoms with van der Waals surface area (Å²) in [7, 11) is 1.73. The third-order valence-corrected chi connectivity index (χ3v) is 3.05. The molecule has 0 spiro atoms. The minimum absolute atomic E-state index is 0.109. The predicted molar refractivity (Wildman–Crippen MR) is 72.4 cm³/mol. The van der Waals surface area contributed by atoms with Crippen molar-refractivity contribution in [2.24, 2.45) is 0 Å². The van der Waals surface area contributed by atoms with Gasteiger partial charge in [0.15, 0.2) is 5.76 Å². The number of hydrogen-bond donors (Lipinski definition) is 0. The lowest BCUT2D eigenvalue weighted by Gasteiger charge is -2.16. The van der Waals surface area contributed by atoms with Gasteiger partial charge in [0.2, 0.25) is 0 Å². The molecule has 0 saturated heterocycles. The third-order valence-electron chi connectivity index (χ3n) is 3.05. The van der Waals surface area contributed by atoms with E-state index in [1.165, 1.54) is 0 Å². The van der Waals surface area contributed by atoms with Crippen molar-refractivity contribution in [1.82, 2.24) is 15.2 Å². The van der Waals surface area contributed by atoms with Crippen molar-refractivity contribution in [1.29, 1.82) is 0 Å². The van der Waals surface area contributed by atoms with Crippen LogP contribution in [-0.2, 0) is 6.54 Å². The third kappa shape index (κ3) is 2.74. The standard InChI is InChI=1S/C14H19N3O3/c1-8(2)13-12(10(4)15-20-13)14(18)17(5)7-11-6-9(3)19-16-11/h6,8H,7H2,1-5H3. The van der Waals surface area contributed by atoms with Crippen LogP contribution < -0.4 is 0 Å². The first-order valence-corrected chi connectivity index (χ1v) is 6.54. The van der Waals surface area contributed by atoms with Gasteiger partial charge in [0.05, 0.1) is 12.2 Å². The Balaban J connectivity index is 2.20. The Kier molecular flexibility index (Phi) is 3.92. The zero-order chi connectivity index (χ0) is 14.9. The molecule has 6 nitrogen and oxygen atoms in total. The maximum absolute atomic E-state index is 12.5. The summed E-state index contributed by atoms with van der Waals surface area (Å²) >= 11 is 0. The second kappa shape index (κ2) is 5.48. The molecular formula is C14H19N3O3. The Bertz CT molecular complexity index is 613. The Morgan fingerprint density at radius 3 is 2.55 bits per heavy atom. The highest BCUT2D eigenvalue weighted by Crippen LogP contribution is 2.23. The smallest absolute Gasteiger partial charge is 0.259 e. The van der Waals surface area contributed by atoms with Crippen molar-refractivity contribution < 1.29 is 13.8 Å². The van der Waals surface area contributed by atoms with Crippen LogP contribution in [0.1, 0.15) is 53.0 Å². The fraction of sp³-hybridized carbons (Fsp3) is 0.500. The van der Waals surface area contributed by atoms with Gasteiger partial charge < -0.3 is 13.9 Å². The zero-order valence-corrected chi connectivity index (χ0v) is 12.4. The van der Waals surface area contributed by atoms with E-state index in [4.69, 9.17) is 9.05 Å². The van der Waals surface area contributed by atoms with E-state index < -0.39 is 0 Å². The van der Waals surface area contributed by atoms with E-state index in [0.717, 1.165) is 11.5 Å². The minimum atomic E-state index is -0.117. The topological polar surface area (TPSA) is 72.4 Å². The quantitative estimate of drug-likeness (QED) is 0.859. The molecule has 2 rings (SSSR count). The van der Waals surface area contributed by atoms with Crippen LogP contribution in [0, 0.1) is 13.8 Å². The summed E-state index contributed by atoms with van der Waals surface area (Å²) in [5.74, 6) is 1.34. The van der Waals surface area contributed by atoms with Gasteiger partial charge in [-0.15, -0.1) is 0 Å². The van der Waals surface area contributed by atoms with Gasteiger partial charge in [0.1, 0.15) is 17.0 Å². The fourth-order valence-electron chi connectivity index (χ4n) is 2.04. The molecule has 0 unspecified atom stereocenters. The number of amides is 1. The second-order valence-electron chi connectivity index (χ2n) is 5.25. The summed E-state index contributed by atoms with van der Waals surface area (Å²) in [5, 5.41) is 7.79. The highest BCUT2D eigenvalue weighted by atomic mass is 16.5. The van der Waals surface area contributed by atoms with Crippen LogP contribution in [0.3, 0.4) is 0 Å². The molecule has 2 aromatic heterocycles. The first kappa shape index (κ1) is 14.3. The van der Waals surface area contributed by atoms with Crippen molar-refractivity contribution in [3.05, 3.63) is 34.5 Å². The Morgan fingerprint density at radius 2 is 2.00 bits per heavy atom. The lowest BCUT2D eigenvalue weighted by Crippen LogP contribution is -2.27. The van der Waals surface area contributed by atoms with Gasteiger partial charge in [0.25, 0.3) is 5.91 Å². The van der Waals surface area contributed by atoms with E-state index in [2.05, 4.69) is 10.3 Å². The van der Waals surface area contributed by atoms with Crippen LogP contribution in [0.2, 0.25) is 0 Å². The molecule has 0 aliphatic carbocycles. The SMILES string of the molecule is Cc1cc(CN(C)C(=O)c2c(C)noc2C(C)C)no1. The lowest BCUT2D eigenvalue weighted by atomic mass is 10.0. The number of rotatable bonds is 4. The van der Waals surface area contributed by atoms with Crippen molar-refractivity contribution >= 4 is 5.91 Å². The van der Waals surface area contributed by atoms with Crippen LogP contribution in [0.5, 0.6) is 0 Å². The lowest BCUT2D eigenvalue weighted by molar-refractivity contribution is 0.0778. The number of carbonyl (C=O) groups excluding carboxylic acids is 1. The number of hydrogen-bond acceptors (Lipinski definition) is 5. The van der Waals surface area contributed by atoms with E-state index in [9.17, 15) is 4.79 Å². The number of carbonyl (C=O) groups is 1. The van der Waals surface area contributed by atoms with Gasteiger partial charge in [-0.25, -0.2) is 0 Å². The van der Waals surface area contributed by atoms with Gasteiger partial charge in [-0.2, -0.15) is 0 Å². The molecule has 6 heteroatoms. The molecule has 0 aromatic carbocycles. The summed E-state index contributed by atoms with van der Waals surface area (Å²) in [6, 6.07) is 1.81. The Hall–Kier alpha value is -2.11. The van der Waals surface area contributed by atoms with Crippen LogP contribution in [0.25, 0.3) is 0 Å². The van der Waals surface area contributed by atoms with E-state index in [-0.39, 0.29) is 11.8 Å². The summed E-state index contributed by atoms with van der Waals surface area (Å²) in [4.78, 5) is 14.1. The van der Waals surface area contributed by atoms with E-state index in [0.29, 0.717) is 23.6 Å². The highest BCUT2D eigenvalue weighted by molar-refractivity contribution is 5.96. The number of aryl methyl sites for hydroxylation is 2. The maximum Gasteiger partial charge on any atom is 0.259 e. The predicted octanol–water partition coefficient (Wildman–Crippen LogP) is 2.68. The minimum Gasteiger partial charge on any atom is -0.361 e. The van der Waals surface area contributed by atoms with Crippen LogP contribution >= 0.6 is 0 Å². The molecule has 108 valence electrons. The van der Waals surface area contributed by atoms with Crippen molar-refractivity contribution in [3.63, 3.8) is 0 Å². The molecule has 0 atom stereocenters. The summed E-state index contributed by atoms with van der Waals surface area (Å²) in [6.07, 6.45) is 0. The molecule has 2 heterocycles. The molecule has 0 fully saturated rings. The first-order valence-electron chi connectivity index (χ1n) is 6.54. The van der Waals surface area contributed by atoms with Crippen LogP contribution in [-0.4, -0.2) is 28.2 Å². The zero-order valence-electron chi connectivity index (χ0n) is 12.4. The first-order chi connectivity index (χ1) is 9.40. The average Bonchev–Trinajstić information content (AvgIpc) is 2.94. The Morgan fingerprint density at radius 1 is 1.30 bits per heavy atom. The van der Waals surface area contributed by atoms with Gasteiger partial charge in [-0.05, 0) is 13.8 Å². The largest absolute Gasteiger partial charge is 0.361 e. The van der Waals surface area contributed by atoms with Gasteiger partial charge >= 0.3 is 0 Å². The summed E-state index contributed by atoms with van der Waals surface area (Å²) in [6.45, 7) is 7.92. The van der Waals surface area contributed by atoms with Crippen LogP contribution in [0.15, 0.2) is 15.1 Å². The van der Waals surface area contributed by atoms with Crippen molar-refractivity contribution in [3.8, 4) is 0 Å².